The van der Waals surface area contributed by atoms with Crippen LogP contribution in [0.1, 0.15) is 99.3 Å². The van der Waals surface area contributed by atoms with Crippen molar-refractivity contribution in [2.24, 2.45) is 4.99 Å². The summed E-state index contributed by atoms with van der Waals surface area (Å²) in [4.78, 5) is 74.3. The molecule has 0 saturated carbocycles. The van der Waals surface area contributed by atoms with E-state index in [0.29, 0.717) is 56.0 Å². The molecule has 19 nitrogen and oxygen atoms in total. The van der Waals surface area contributed by atoms with Gasteiger partial charge < -0.3 is 35.5 Å². The van der Waals surface area contributed by atoms with Gasteiger partial charge in [0.15, 0.2) is 5.88 Å². The number of imidazole rings is 1. The van der Waals surface area contributed by atoms with E-state index in [1.54, 1.807) is 0 Å². The number of hydrogen-bond acceptors (Lipinski definition) is 17. The number of benzene rings is 3. The average molecular weight is 1200 g/mol. The number of nitrogens with one attached hydrogen (secondary N) is 1. The molecule has 20 heteroatoms. The predicted octanol–water partition coefficient (Wildman–Crippen LogP) is 8.82. The van der Waals surface area contributed by atoms with Crippen molar-refractivity contribution in [1.29, 1.82) is 0 Å². The fourth-order valence-corrected chi connectivity index (χ4v) is 12.2. The number of nitrogens with zero attached hydrogens (tertiary/aromatic N) is 16. The molecule has 396 valence electrons. The van der Waals surface area contributed by atoms with Gasteiger partial charge in [-0.05, 0) is 141 Å². The summed E-state index contributed by atoms with van der Waals surface area (Å²) in [6, 6.07) is 28.5. The molecule has 1 N–H and O–H groups in total. The van der Waals surface area contributed by atoms with Crippen LogP contribution < -0.4 is 14.8 Å². The first-order valence-electron chi connectivity index (χ1n) is 27.4. The van der Waals surface area contributed by atoms with E-state index in [4.69, 9.17) is 55.3 Å². The summed E-state index contributed by atoms with van der Waals surface area (Å²) in [7, 11) is 0. The van der Waals surface area contributed by atoms with Gasteiger partial charge in [-0.15, -0.1) is 0 Å². The first kappa shape index (κ1) is 50.2. The average Bonchev–Trinajstić information content (AvgIpc) is 4.13. The number of fused-ring (bicyclic) bond motifs is 15. The molecule has 0 radical (unpaired) electrons. The summed E-state index contributed by atoms with van der Waals surface area (Å²) in [5.74, 6) is -0.333. The van der Waals surface area contributed by atoms with Crippen molar-refractivity contribution in [1.82, 2.24) is 74.6 Å². The van der Waals surface area contributed by atoms with Gasteiger partial charge in [-0.3, -0.25) is 19.8 Å². The quantitative estimate of drug-likeness (QED) is 0.0857. The minimum atomic E-state index is -0.345. The summed E-state index contributed by atoms with van der Waals surface area (Å²) in [5.41, 5.74) is 26.6. The van der Waals surface area contributed by atoms with E-state index in [-0.39, 0.29) is 80.3 Å². The maximum absolute atomic E-state index is 14.5. The molecule has 9 aromatic heterocycles. The van der Waals surface area contributed by atoms with E-state index >= 15 is 0 Å². The number of ether oxygens (including phenoxy) is 1. The normalized spacial score (nSPS) is 17.1. The summed E-state index contributed by atoms with van der Waals surface area (Å²) in [6.07, 6.45) is 9.47. The zero-order valence-corrected chi connectivity index (χ0v) is 46.2. The van der Waals surface area contributed by atoms with Crippen LogP contribution in [0.5, 0.6) is 5.88 Å². The van der Waals surface area contributed by atoms with Crippen molar-refractivity contribution < 1.29 is 59.2 Å². The molecule has 16 rings (SSSR count). The zero-order valence-electron chi connectivity index (χ0n) is 43.8. The molecular weight excluding hydrogens is 1150 g/mol. The third kappa shape index (κ3) is 9.26. The molecular formula is C61H48EuN17O2. The molecule has 0 amide bonds. The van der Waals surface area contributed by atoms with E-state index in [1.165, 1.54) is 6.33 Å². The molecule has 0 unspecified atom stereocenters. The van der Waals surface area contributed by atoms with Crippen LogP contribution >= 0.6 is 0 Å². The van der Waals surface area contributed by atoms with Gasteiger partial charge in [-0.25, -0.2) is 39.9 Å². The molecule has 0 spiro atoms. The molecule has 2 aliphatic carbocycles. The maximum atomic E-state index is 14.5. The summed E-state index contributed by atoms with van der Waals surface area (Å²) in [5, 5.41) is 18.2. The second-order valence-corrected chi connectivity index (χ2v) is 21.6. The largest absolute Gasteiger partial charge is 3.00 e. The second-order valence-electron chi connectivity index (χ2n) is 21.6. The van der Waals surface area contributed by atoms with Gasteiger partial charge in [0.2, 0.25) is 0 Å². The Bertz CT molecular complexity index is 4210. The third-order valence-corrected chi connectivity index (χ3v) is 16.0. The van der Waals surface area contributed by atoms with Crippen LogP contribution in [0, 0.1) is 49.4 Å². The van der Waals surface area contributed by atoms with E-state index in [2.05, 4.69) is 83.3 Å². The minimum absolute atomic E-state index is 0. The Labute approximate surface area is 503 Å². The van der Waals surface area contributed by atoms with Gasteiger partial charge in [0.25, 0.3) is 0 Å². The van der Waals surface area contributed by atoms with Gasteiger partial charge in [-0.2, -0.15) is 0 Å². The molecule has 0 saturated heterocycles. The molecule has 3 aromatic carbocycles. The first-order valence-corrected chi connectivity index (χ1v) is 27.4. The maximum Gasteiger partial charge on any atom is 3.00 e. The van der Waals surface area contributed by atoms with E-state index in [0.717, 1.165) is 185 Å². The molecule has 12 aromatic rings. The fourth-order valence-electron chi connectivity index (χ4n) is 12.2. The van der Waals surface area contributed by atoms with E-state index in [9.17, 15) is 5.11 Å². The number of aliphatic imine (C=N–C) groups is 1. The van der Waals surface area contributed by atoms with Gasteiger partial charge in [0.05, 0.1) is 113 Å². The van der Waals surface area contributed by atoms with Crippen molar-refractivity contribution >= 4 is 88.7 Å². The Morgan fingerprint density at radius 3 is 1.33 bits per heavy atom. The van der Waals surface area contributed by atoms with Crippen LogP contribution in [0.3, 0.4) is 0 Å². The van der Waals surface area contributed by atoms with Gasteiger partial charge in [-0.1, -0.05) is 24.3 Å². The van der Waals surface area contributed by atoms with Crippen LogP contribution in [0.25, 0.3) is 82.6 Å². The minimum Gasteiger partial charge on any atom is -0.858 e. The molecule has 81 heavy (non-hydrogen) atoms. The van der Waals surface area contributed by atoms with Crippen LogP contribution in [-0.4, -0.2) is 75.5 Å². The van der Waals surface area contributed by atoms with Crippen LogP contribution in [0.2, 0.25) is 0 Å². The summed E-state index contributed by atoms with van der Waals surface area (Å²) in [6.45, 7) is 2.87. The molecule has 11 heterocycles. The number of aromatic nitrogens is 13. The molecule has 0 atom stereocenters. The molecule has 2 aliphatic heterocycles. The molecule has 0 fully saturated rings. The summed E-state index contributed by atoms with van der Waals surface area (Å²) < 4.78 is 5.95. The Kier molecular flexibility index (Phi) is 12.6. The Morgan fingerprint density at radius 2 is 0.889 bits per heavy atom. The number of hydrogen-bond donors (Lipinski definition) is 0. The van der Waals surface area contributed by atoms with Crippen LogP contribution in [-0.2, 0) is 78.1 Å². The molecule has 4 aliphatic rings. The topological polar surface area (TPSA) is 244 Å². The van der Waals surface area contributed by atoms with E-state index in [1.807, 2.05) is 36.4 Å². The summed E-state index contributed by atoms with van der Waals surface area (Å²) >= 11 is 0. The standard InChI is InChI=1S/C61H49N17O2.Eu/c62-61-75-58-57(64-31-65-58)60(76-61)80-30-33-11-9-32(10-12-33)23-63-59(79)34-21-39-28-77-24-35-13-17-41-49(67-35)50-42(54-53(41)71-45-5-1-2-6-46(45)72-54)18-14-36(68-50)25-78(29-40(22-34)66-39)27-38-16-20-44-52(70-38)51-43(19-15-37(26-77)69-51)55-56(44)74-48-8-4-3-7-47(48)73-55;/h9-22,31H,1-8,23-30H2,(H2-2,62,63,64,65,66,67,68,69,70,71,72,73,74,75,76,79);/q-2;+3/p-1. The fraction of sp³-hybridized carbons (Fsp3) is 0.262. The SMILES string of the molecule is [Eu+3].[NH-]c1nc(OCc2ccc(CN=C([O-])c3cc4nc(c3)CN3Cc5ccc6c(n5)c5nc(ccc5c5nc7c(nc65)CCCC7)CN(C4)Cc4ccc5c(n4)c4nc(ccc4c4nc6c(nc54)CCCC6)C3)cc2)c2nc[n-]c2n1. The van der Waals surface area contributed by atoms with Gasteiger partial charge in [0.1, 0.15) is 6.61 Å². The first-order chi connectivity index (χ1) is 39.3. The van der Waals surface area contributed by atoms with Crippen molar-refractivity contribution in [3.05, 3.63) is 171 Å². The van der Waals surface area contributed by atoms with Crippen molar-refractivity contribution in [2.75, 3.05) is 0 Å². The Balaban J connectivity index is 0.00000564. The second kappa shape index (κ2) is 20.4. The molecule has 12 bridgehead atoms. The predicted molar refractivity (Wildman–Crippen MR) is 299 cm³/mol. The Hall–Kier alpha value is -7.75. The monoisotopic (exact) mass is 1200 g/mol. The number of rotatable bonds is 6. The number of aryl methyl sites for hydroxylation is 4. The van der Waals surface area contributed by atoms with Crippen molar-refractivity contribution in [3.63, 3.8) is 0 Å². The Morgan fingerprint density at radius 1 is 0.481 bits per heavy atom. The van der Waals surface area contributed by atoms with Crippen LogP contribution in [0.4, 0.5) is 5.95 Å². The third-order valence-electron chi connectivity index (χ3n) is 16.0. The van der Waals surface area contributed by atoms with Crippen molar-refractivity contribution in [3.8, 4) is 5.88 Å². The van der Waals surface area contributed by atoms with Crippen molar-refractivity contribution in [2.45, 2.75) is 104 Å². The van der Waals surface area contributed by atoms with Gasteiger partial charge >= 0.3 is 49.4 Å². The van der Waals surface area contributed by atoms with E-state index < -0.39 is 0 Å². The smallest absolute Gasteiger partial charge is 0.858 e. The number of pyridine rings is 5. The zero-order chi connectivity index (χ0) is 53.0. The van der Waals surface area contributed by atoms with Crippen LogP contribution in [0.15, 0.2) is 96.2 Å². The van der Waals surface area contributed by atoms with Gasteiger partial charge in [0, 0.05) is 72.4 Å².